The van der Waals surface area contributed by atoms with Crippen molar-refractivity contribution in [3.8, 4) is 0 Å². The van der Waals surface area contributed by atoms with Crippen molar-refractivity contribution in [3.05, 3.63) is 34.9 Å². The van der Waals surface area contributed by atoms with Crippen molar-refractivity contribution in [2.24, 2.45) is 4.99 Å². The Morgan fingerprint density at radius 2 is 2.04 bits per heavy atom. The molecule has 0 saturated carbocycles. The number of guanidine groups is 1. The van der Waals surface area contributed by atoms with Crippen LogP contribution in [0.15, 0.2) is 29.3 Å². The zero-order valence-corrected chi connectivity index (χ0v) is 15.4. The van der Waals surface area contributed by atoms with Crippen LogP contribution >= 0.6 is 11.6 Å². The minimum atomic E-state index is 0.209. The highest BCUT2D eigenvalue weighted by atomic mass is 35.5. The maximum Gasteiger partial charge on any atom is 0.224 e. The molecule has 132 valence electrons. The first-order valence-corrected chi connectivity index (χ1v) is 9.00. The van der Waals surface area contributed by atoms with E-state index >= 15 is 0 Å². The Labute approximate surface area is 149 Å². The number of nitrogens with zero attached hydrogens (tertiary/aromatic N) is 3. The fourth-order valence-corrected chi connectivity index (χ4v) is 3.00. The Morgan fingerprint density at radius 1 is 1.33 bits per heavy atom. The minimum Gasteiger partial charge on any atom is -0.357 e. The molecule has 1 heterocycles. The summed E-state index contributed by atoms with van der Waals surface area (Å²) in [6, 6.07) is 7.81. The number of nitrogens with one attached hydrogen (secondary N) is 1. The van der Waals surface area contributed by atoms with E-state index in [-0.39, 0.29) is 5.91 Å². The van der Waals surface area contributed by atoms with Gasteiger partial charge in [-0.2, -0.15) is 0 Å². The molecule has 2 rings (SSSR count). The number of aliphatic imine (C=N–C) groups is 1. The molecule has 0 unspecified atom stereocenters. The molecule has 1 aromatic rings. The molecule has 1 aliphatic heterocycles. The van der Waals surface area contributed by atoms with Gasteiger partial charge in [0.15, 0.2) is 5.96 Å². The zero-order valence-electron chi connectivity index (χ0n) is 14.6. The van der Waals surface area contributed by atoms with Gasteiger partial charge >= 0.3 is 0 Å². The molecule has 0 bridgehead atoms. The van der Waals surface area contributed by atoms with Crippen molar-refractivity contribution < 1.29 is 4.79 Å². The first kappa shape index (κ1) is 18.6. The van der Waals surface area contributed by atoms with Gasteiger partial charge in [-0.15, -0.1) is 0 Å². The van der Waals surface area contributed by atoms with Crippen LogP contribution in [0.25, 0.3) is 0 Å². The van der Waals surface area contributed by atoms with Gasteiger partial charge in [-0.1, -0.05) is 29.8 Å². The van der Waals surface area contributed by atoms with Crippen molar-refractivity contribution in [3.63, 3.8) is 0 Å². The maximum absolute atomic E-state index is 12.1. The Kier molecular flexibility index (Phi) is 7.37. The van der Waals surface area contributed by atoms with Gasteiger partial charge in [0, 0.05) is 44.7 Å². The molecule has 0 aromatic heterocycles. The second-order valence-corrected chi connectivity index (χ2v) is 6.43. The standard InChI is InChI=1S/C18H27ClN4O/c1-3-20-18(21-11-10-17(24)23-12-6-7-13-23)22(2)14-15-8-4-5-9-16(15)19/h4-5,8-9H,3,6-7,10-14H2,1-2H3,(H,20,21). The highest BCUT2D eigenvalue weighted by molar-refractivity contribution is 6.31. The van der Waals surface area contributed by atoms with E-state index in [9.17, 15) is 4.79 Å². The third-order valence-electron chi connectivity index (χ3n) is 4.11. The van der Waals surface area contributed by atoms with E-state index in [1.54, 1.807) is 0 Å². The summed E-state index contributed by atoms with van der Waals surface area (Å²) < 4.78 is 0. The molecule has 1 N–H and O–H groups in total. The average molecular weight is 351 g/mol. The molecular formula is C18H27ClN4O. The maximum atomic E-state index is 12.1. The molecule has 0 spiro atoms. The van der Waals surface area contributed by atoms with Crippen molar-refractivity contribution in [2.75, 3.05) is 33.2 Å². The van der Waals surface area contributed by atoms with Gasteiger partial charge in [0.05, 0.1) is 6.54 Å². The first-order valence-electron chi connectivity index (χ1n) is 8.62. The molecule has 24 heavy (non-hydrogen) atoms. The first-order chi connectivity index (χ1) is 11.6. The lowest BCUT2D eigenvalue weighted by Gasteiger charge is -2.23. The second-order valence-electron chi connectivity index (χ2n) is 6.02. The monoisotopic (exact) mass is 350 g/mol. The van der Waals surface area contributed by atoms with Crippen LogP contribution < -0.4 is 5.32 Å². The predicted octanol–water partition coefficient (Wildman–Crippen LogP) is 2.75. The van der Waals surface area contributed by atoms with Crippen LogP contribution in [0, 0.1) is 0 Å². The summed E-state index contributed by atoms with van der Waals surface area (Å²) in [6.07, 6.45) is 2.71. The molecule has 5 nitrogen and oxygen atoms in total. The Hall–Kier alpha value is -1.75. The van der Waals surface area contributed by atoms with E-state index in [2.05, 4.69) is 10.3 Å². The van der Waals surface area contributed by atoms with Crippen molar-refractivity contribution >= 4 is 23.5 Å². The smallest absolute Gasteiger partial charge is 0.224 e. The van der Waals surface area contributed by atoms with Gasteiger partial charge in [0.25, 0.3) is 0 Å². The van der Waals surface area contributed by atoms with E-state index < -0.39 is 0 Å². The van der Waals surface area contributed by atoms with Crippen LogP contribution in [0.5, 0.6) is 0 Å². The summed E-state index contributed by atoms with van der Waals surface area (Å²) in [7, 11) is 1.98. The van der Waals surface area contributed by atoms with Gasteiger partial charge < -0.3 is 15.1 Å². The van der Waals surface area contributed by atoms with Gasteiger partial charge in [-0.3, -0.25) is 9.79 Å². The lowest BCUT2D eigenvalue weighted by Crippen LogP contribution is -2.38. The SMILES string of the molecule is CCNC(=NCCC(=O)N1CCCC1)N(C)Cc1ccccc1Cl. The number of rotatable bonds is 6. The van der Waals surface area contributed by atoms with Crippen LogP contribution in [0.3, 0.4) is 0 Å². The highest BCUT2D eigenvalue weighted by Crippen LogP contribution is 2.16. The molecule has 1 fully saturated rings. The Morgan fingerprint density at radius 3 is 2.71 bits per heavy atom. The fraction of sp³-hybridized carbons (Fsp3) is 0.556. The summed E-state index contributed by atoms with van der Waals surface area (Å²) in [5, 5.41) is 4.03. The lowest BCUT2D eigenvalue weighted by molar-refractivity contribution is -0.129. The molecule has 0 radical (unpaired) electrons. The van der Waals surface area contributed by atoms with Crippen molar-refractivity contribution in [1.29, 1.82) is 0 Å². The highest BCUT2D eigenvalue weighted by Gasteiger charge is 2.17. The summed E-state index contributed by atoms with van der Waals surface area (Å²) in [5.74, 6) is 1.01. The molecule has 1 amide bonds. The summed E-state index contributed by atoms with van der Waals surface area (Å²) in [4.78, 5) is 20.7. The molecule has 6 heteroatoms. The van der Waals surface area contributed by atoms with Gasteiger partial charge in [0.1, 0.15) is 0 Å². The predicted molar refractivity (Wildman–Crippen MR) is 99.3 cm³/mol. The summed E-state index contributed by atoms with van der Waals surface area (Å²) in [6.45, 7) is 5.79. The topological polar surface area (TPSA) is 47.9 Å². The third-order valence-corrected chi connectivity index (χ3v) is 4.48. The van der Waals surface area contributed by atoms with Gasteiger partial charge in [-0.25, -0.2) is 0 Å². The third kappa shape index (κ3) is 5.41. The van der Waals surface area contributed by atoms with Gasteiger partial charge in [-0.05, 0) is 31.4 Å². The van der Waals surface area contributed by atoms with E-state index in [4.69, 9.17) is 11.6 Å². The van der Waals surface area contributed by atoms with E-state index in [0.717, 1.165) is 49.0 Å². The van der Waals surface area contributed by atoms with Crippen molar-refractivity contribution in [2.45, 2.75) is 32.7 Å². The van der Waals surface area contributed by atoms with Crippen molar-refractivity contribution in [1.82, 2.24) is 15.1 Å². The Bertz CT molecular complexity index is 570. The van der Waals surface area contributed by atoms with Crippen LogP contribution in [0.4, 0.5) is 0 Å². The van der Waals surface area contributed by atoms with Crippen LogP contribution in [0.1, 0.15) is 31.7 Å². The molecule has 1 saturated heterocycles. The molecular weight excluding hydrogens is 324 g/mol. The number of halogens is 1. The quantitative estimate of drug-likeness (QED) is 0.634. The largest absolute Gasteiger partial charge is 0.357 e. The number of likely N-dealkylation sites (tertiary alicyclic amines) is 1. The molecule has 1 aromatic carbocycles. The minimum absolute atomic E-state index is 0.209. The molecule has 1 aliphatic rings. The normalized spacial score (nSPS) is 14.8. The lowest BCUT2D eigenvalue weighted by atomic mass is 10.2. The average Bonchev–Trinajstić information content (AvgIpc) is 3.10. The Balaban J connectivity index is 1.91. The van der Waals surface area contributed by atoms with Crippen LogP contribution in [-0.4, -0.2) is 54.9 Å². The number of amides is 1. The number of hydrogen-bond donors (Lipinski definition) is 1. The number of hydrogen-bond acceptors (Lipinski definition) is 2. The van der Waals surface area contributed by atoms with E-state index in [1.807, 2.05) is 48.0 Å². The van der Waals surface area contributed by atoms with Crippen LogP contribution in [-0.2, 0) is 11.3 Å². The molecule has 0 atom stereocenters. The number of carbonyl (C=O) groups excluding carboxylic acids is 1. The van der Waals surface area contributed by atoms with Gasteiger partial charge in [0.2, 0.25) is 5.91 Å². The van der Waals surface area contributed by atoms with E-state index in [1.165, 1.54) is 0 Å². The number of carbonyl (C=O) groups is 1. The summed E-state index contributed by atoms with van der Waals surface area (Å²) >= 11 is 6.23. The summed E-state index contributed by atoms with van der Waals surface area (Å²) in [5.41, 5.74) is 1.06. The number of benzene rings is 1. The zero-order chi connectivity index (χ0) is 17.4. The second kappa shape index (κ2) is 9.52. The fourth-order valence-electron chi connectivity index (χ4n) is 2.81. The van der Waals surface area contributed by atoms with Crippen LogP contribution in [0.2, 0.25) is 5.02 Å². The van der Waals surface area contributed by atoms with E-state index in [0.29, 0.717) is 19.5 Å². The molecule has 0 aliphatic carbocycles.